The quantitative estimate of drug-likeness (QED) is 0.679. The van der Waals surface area contributed by atoms with E-state index >= 15 is 0 Å². The van der Waals surface area contributed by atoms with Crippen molar-refractivity contribution in [3.05, 3.63) is 0 Å². The number of hydrogen-bond acceptors (Lipinski definition) is 4. The summed E-state index contributed by atoms with van der Waals surface area (Å²) in [4.78, 5) is 11.2. The second-order valence-electron chi connectivity index (χ2n) is 3.56. The minimum absolute atomic E-state index is 0.0475. The monoisotopic (exact) mass is 221 g/mol. The van der Waals surface area contributed by atoms with Crippen molar-refractivity contribution in [1.29, 1.82) is 0 Å². The van der Waals surface area contributed by atoms with E-state index in [0.717, 1.165) is 0 Å². The average molecular weight is 221 g/mol. The number of rotatable bonds is 7. The summed E-state index contributed by atoms with van der Waals surface area (Å²) in [7, 11) is -2.93. The van der Waals surface area contributed by atoms with E-state index in [1.165, 1.54) is 0 Å². The molecule has 0 saturated heterocycles. The zero-order valence-corrected chi connectivity index (χ0v) is 9.64. The van der Waals surface area contributed by atoms with Crippen LogP contribution in [0.3, 0.4) is 0 Å². The van der Waals surface area contributed by atoms with Gasteiger partial charge in [0.1, 0.15) is 15.6 Å². The third-order valence-electron chi connectivity index (χ3n) is 1.90. The number of nitrogens with two attached hydrogens (primary N) is 1. The zero-order chi connectivity index (χ0) is 11.2. The standard InChI is InChI=1S/C9H19NO3S/c1-3-14(12,13)6-4-5-9(11)7-8(2)10/h8H,3-7,10H2,1-2H3. The van der Waals surface area contributed by atoms with Gasteiger partial charge in [0.25, 0.3) is 0 Å². The van der Waals surface area contributed by atoms with Crippen LogP contribution in [0, 0.1) is 0 Å². The molecule has 0 aromatic heterocycles. The van der Waals surface area contributed by atoms with Gasteiger partial charge in [-0.05, 0) is 13.3 Å². The van der Waals surface area contributed by atoms with E-state index in [4.69, 9.17) is 5.73 Å². The first-order chi connectivity index (χ1) is 6.37. The number of carbonyl (C=O) groups is 1. The van der Waals surface area contributed by atoms with Crippen LogP contribution in [-0.4, -0.2) is 31.7 Å². The Hall–Kier alpha value is -0.420. The van der Waals surface area contributed by atoms with Gasteiger partial charge in [0.2, 0.25) is 0 Å². The summed E-state index contributed by atoms with van der Waals surface area (Å²) in [6, 6.07) is -0.134. The van der Waals surface area contributed by atoms with Crippen molar-refractivity contribution in [2.75, 3.05) is 11.5 Å². The smallest absolute Gasteiger partial charge is 0.150 e. The van der Waals surface area contributed by atoms with E-state index in [1.54, 1.807) is 13.8 Å². The predicted molar refractivity (Wildman–Crippen MR) is 56.8 cm³/mol. The molecule has 0 rings (SSSR count). The van der Waals surface area contributed by atoms with E-state index in [0.29, 0.717) is 19.3 Å². The first-order valence-electron chi connectivity index (χ1n) is 4.85. The highest BCUT2D eigenvalue weighted by atomic mass is 32.2. The van der Waals surface area contributed by atoms with Crippen LogP contribution in [0.1, 0.15) is 33.1 Å². The molecular formula is C9H19NO3S. The Morgan fingerprint density at radius 1 is 1.43 bits per heavy atom. The van der Waals surface area contributed by atoms with Crippen molar-refractivity contribution in [2.24, 2.45) is 5.73 Å². The lowest BCUT2D eigenvalue weighted by Gasteiger charge is -2.03. The lowest BCUT2D eigenvalue weighted by atomic mass is 10.1. The molecule has 1 atom stereocenters. The fraction of sp³-hybridized carbons (Fsp3) is 0.889. The molecule has 1 unspecified atom stereocenters. The van der Waals surface area contributed by atoms with Crippen LogP contribution in [0.2, 0.25) is 0 Å². The summed E-state index contributed by atoms with van der Waals surface area (Å²) >= 11 is 0. The summed E-state index contributed by atoms with van der Waals surface area (Å²) < 4.78 is 22.1. The molecule has 0 saturated carbocycles. The van der Waals surface area contributed by atoms with Crippen molar-refractivity contribution in [2.45, 2.75) is 39.2 Å². The summed E-state index contributed by atoms with van der Waals surface area (Å²) in [5, 5.41) is 0. The molecule has 0 bridgehead atoms. The fourth-order valence-electron chi connectivity index (χ4n) is 1.09. The Morgan fingerprint density at radius 2 is 2.00 bits per heavy atom. The molecule has 0 aromatic carbocycles. The van der Waals surface area contributed by atoms with Crippen LogP contribution in [0.25, 0.3) is 0 Å². The van der Waals surface area contributed by atoms with Gasteiger partial charge in [-0.2, -0.15) is 0 Å². The van der Waals surface area contributed by atoms with Crippen molar-refractivity contribution < 1.29 is 13.2 Å². The third-order valence-corrected chi connectivity index (χ3v) is 3.69. The highest BCUT2D eigenvalue weighted by molar-refractivity contribution is 7.91. The highest BCUT2D eigenvalue weighted by Gasteiger charge is 2.10. The second-order valence-corrected chi connectivity index (χ2v) is 6.03. The van der Waals surface area contributed by atoms with Crippen LogP contribution in [0.5, 0.6) is 0 Å². The maximum atomic E-state index is 11.2. The third kappa shape index (κ3) is 7.03. The van der Waals surface area contributed by atoms with Crippen molar-refractivity contribution in [1.82, 2.24) is 0 Å². The molecule has 4 nitrogen and oxygen atoms in total. The van der Waals surface area contributed by atoms with E-state index in [9.17, 15) is 13.2 Å². The summed E-state index contributed by atoms with van der Waals surface area (Å²) in [5.41, 5.74) is 5.44. The Balaban J connectivity index is 3.70. The molecule has 0 fully saturated rings. The number of ketones is 1. The van der Waals surface area contributed by atoms with Crippen LogP contribution in [0.4, 0.5) is 0 Å². The molecule has 0 aliphatic rings. The van der Waals surface area contributed by atoms with Gasteiger partial charge < -0.3 is 5.73 Å². The molecule has 0 spiro atoms. The van der Waals surface area contributed by atoms with E-state index in [2.05, 4.69) is 0 Å². The maximum Gasteiger partial charge on any atom is 0.150 e. The number of sulfone groups is 1. The number of carbonyl (C=O) groups excluding carboxylic acids is 1. The van der Waals surface area contributed by atoms with Gasteiger partial charge in [-0.1, -0.05) is 6.92 Å². The highest BCUT2D eigenvalue weighted by Crippen LogP contribution is 2.01. The molecule has 5 heteroatoms. The van der Waals surface area contributed by atoms with Crippen LogP contribution in [0.15, 0.2) is 0 Å². The molecule has 0 aromatic rings. The predicted octanol–water partition coefficient (Wildman–Crippen LogP) is 0.508. The Labute approximate surface area is 85.8 Å². The van der Waals surface area contributed by atoms with Crippen molar-refractivity contribution in [3.8, 4) is 0 Å². The van der Waals surface area contributed by atoms with Gasteiger partial charge in [-0.3, -0.25) is 4.79 Å². The van der Waals surface area contributed by atoms with Crippen LogP contribution >= 0.6 is 0 Å². The largest absolute Gasteiger partial charge is 0.328 e. The molecule has 0 aliphatic carbocycles. The Bertz CT molecular complexity index is 270. The van der Waals surface area contributed by atoms with Gasteiger partial charge in [-0.15, -0.1) is 0 Å². The van der Waals surface area contributed by atoms with Gasteiger partial charge >= 0.3 is 0 Å². The van der Waals surface area contributed by atoms with E-state index in [1.807, 2.05) is 0 Å². The number of hydrogen-bond donors (Lipinski definition) is 1. The molecule has 0 amide bonds. The molecule has 0 aliphatic heterocycles. The number of Topliss-reactive ketones (excluding diaryl/α,β-unsaturated/α-hetero) is 1. The van der Waals surface area contributed by atoms with Gasteiger partial charge in [0.05, 0.1) is 5.75 Å². The minimum atomic E-state index is -2.93. The van der Waals surface area contributed by atoms with E-state index in [-0.39, 0.29) is 23.3 Å². The molecular weight excluding hydrogens is 202 g/mol. The Morgan fingerprint density at radius 3 is 2.43 bits per heavy atom. The van der Waals surface area contributed by atoms with E-state index < -0.39 is 9.84 Å². The molecule has 2 N–H and O–H groups in total. The molecule has 14 heavy (non-hydrogen) atoms. The minimum Gasteiger partial charge on any atom is -0.328 e. The van der Waals surface area contributed by atoms with Crippen LogP contribution < -0.4 is 5.73 Å². The first kappa shape index (κ1) is 13.6. The van der Waals surface area contributed by atoms with Crippen molar-refractivity contribution in [3.63, 3.8) is 0 Å². The Kier molecular flexibility index (Phi) is 5.95. The lowest BCUT2D eigenvalue weighted by Crippen LogP contribution is -2.20. The summed E-state index contributed by atoms with van der Waals surface area (Å²) in [6.07, 6.45) is 1.08. The van der Waals surface area contributed by atoms with Gasteiger partial charge in [-0.25, -0.2) is 8.42 Å². The lowest BCUT2D eigenvalue weighted by molar-refractivity contribution is -0.119. The fourth-order valence-corrected chi connectivity index (χ4v) is 1.97. The average Bonchev–Trinajstić information content (AvgIpc) is 2.02. The SMILES string of the molecule is CCS(=O)(=O)CCCC(=O)CC(C)N. The van der Waals surface area contributed by atoms with Crippen molar-refractivity contribution >= 4 is 15.6 Å². The summed E-state index contributed by atoms with van der Waals surface area (Å²) in [5.74, 6) is 0.300. The normalized spacial score (nSPS) is 13.9. The molecule has 0 heterocycles. The molecule has 0 radical (unpaired) electrons. The molecule has 84 valence electrons. The van der Waals surface area contributed by atoms with Gasteiger partial charge in [0.15, 0.2) is 0 Å². The summed E-state index contributed by atoms with van der Waals surface area (Å²) in [6.45, 7) is 3.37. The second kappa shape index (κ2) is 6.14. The van der Waals surface area contributed by atoms with Crippen LogP contribution in [-0.2, 0) is 14.6 Å². The van der Waals surface area contributed by atoms with Gasteiger partial charge in [0, 0.05) is 24.6 Å². The first-order valence-corrected chi connectivity index (χ1v) is 6.67. The maximum absolute atomic E-state index is 11.2. The topological polar surface area (TPSA) is 77.2 Å². The zero-order valence-electron chi connectivity index (χ0n) is 8.82.